The van der Waals surface area contributed by atoms with E-state index in [-0.39, 0.29) is 11.9 Å². The van der Waals surface area contributed by atoms with E-state index in [2.05, 4.69) is 38.4 Å². The normalized spacial score (nSPS) is 21.0. The number of carbonyl (C=O) groups excluding carboxylic acids is 1. The van der Waals surface area contributed by atoms with E-state index in [9.17, 15) is 4.79 Å². The number of aromatic nitrogens is 3. The highest BCUT2D eigenvalue weighted by atomic mass is 16.5. The Morgan fingerprint density at radius 2 is 2.12 bits per heavy atom. The molecular formula is C18H20N4O2. The Bertz CT molecular complexity index is 859. The number of aryl methyl sites for hydroxylation is 1. The van der Waals surface area contributed by atoms with Crippen molar-refractivity contribution in [1.29, 1.82) is 0 Å². The molecule has 6 nitrogen and oxygen atoms in total. The first-order valence-corrected chi connectivity index (χ1v) is 8.36. The number of rotatable bonds is 3. The number of amides is 1. The summed E-state index contributed by atoms with van der Waals surface area (Å²) >= 11 is 0. The van der Waals surface area contributed by atoms with Gasteiger partial charge in [0.05, 0.1) is 6.20 Å². The lowest BCUT2D eigenvalue weighted by Gasteiger charge is -2.30. The number of nitrogens with zero attached hydrogens (tertiary/aromatic N) is 3. The highest BCUT2D eigenvalue weighted by Gasteiger charge is 2.25. The molecule has 1 aliphatic carbocycles. The van der Waals surface area contributed by atoms with Crippen LogP contribution in [-0.2, 0) is 0 Å². The van der Waals surface area contributed by atoms with E-state index in [1.807, 2.05) is 12.3 Å². The molecule has 3 aromatic rings. The maximum absolute atomic E-state index is 12.3. The maximum atomic E-state index is 12.3. The van der Waals surface area contributed by atoms with Crippen LogP contribution in [0.3, 0.4) is 0 Å². The van der Waals surface area contributed by atoms with Crippen LogP contribution in [0.15, 0.2) is 41.3 Å². The summed E-state index contributed by atoms with van der Waals surface area (Å²) in [5, 5.41) is 7.94. The second-order valence-electron chi connectivity index (χ2n) is 6.41. The summed E-state index contributed by atoms with van der Waals surface area (Å²) in [4.78, 5) is 16.8. The molecule has 24 heavy (non-hydrogen) atoms. The van der Waals surface area contributed by atoms with Crippen molar-refractivity contribution in [3.63, 3.8) is 0 Å². The summed E-state index contributed by atoms with van der Waals surface area (Å²) in [5.41, 5.74) is 1.57. The Labute approximate surface area is 139 Å². The third-order valence-electron chi connectivity index (χ3n) is 4.90. The zero-order valence-corrected chi connectivity index (χ0v) is 13.6. The van der Waals surface area contributed by atoms with Gasteiger partial charge < -0.3 is 14.4 Å². The predicted molar refractivity (Wildman–Crippen MR) is 89.7 cm³/mol. The molecule has 6 heteroatoms. The monoisotopic (exact) mass is 324 g/mol. The molecule has 124 valence electrons. The highest BCUT2D eigenvalue weighted by molar-refractivity contribution is 5.94. The fourth-order valence-electron chi connectivity index (χ4n) is 3.56. The summed E-state index contributed by atoms with van der Waals surface area (Å²) in [6.45, 7) is 1.75. The molecule has 1 N–H and O–H groups in total. The molecule has 0 aromatic carbocycles. The number of hydrogen-bond donors (Lipinski definition) is 1. The van der Waals surface area contributed by atoms with Crippen molar-refractivity contribution < 1.29 is 9.32 Å². The molecule has 1 aliphatic rings. The van der Waals surface area contributed by atoms with Crippen molar-refractivity contribution in [2.24, 2.45) is 0 Å². The van der Waals surface area contributed by atoms with E-state index in [4.69, 9.17) is 4.52 Å². The molecule has 3 aromatic heterocycles. The quantitative estimate of drug-likeness (QED) is 0.802. The third kappa shape index (κ3) is 2.68. The lowest BCUT2D eigenvalue weighted by Crippen LogP contribution is -2.38. The topological polar surface area (TPSA) is 73.0 Å². The van der Waals surface area contributed by atoms with Crippen LogP contribution in [0, 0.1) is 6.92 Å². The minimum Gasteiger partial charge on any atom is -0.361 e. The molecule has 1 fully saturated rings. The second-order valence-corrected chi connectivity index (χ2v) is 6.41. The van der Waals surface area contributed by atoms with Crippen LogP contribution in [0.4, 0.5) is 0 Å². The first-order chi connectivity index (χ1) is 11.7. The van der Waals surface area contributed by atoms with Gasteiger partial charge >= 0.3 is 0 Å². The summed E-state index contributed by atoms with van der Waals surface area (Å²) < 4.78 is 7.24. The SMILES string of the molecule is Cc1oncc1C(=O)NC1CCC(n2ccc3cccnc32)CC1. The summed E-state index contributed by atoms with van der Waals surface area (Å²) in [6.07, 6.45) is 9.45. The second kappa shape index (κ2) is 6.11. The van der Waals surface area contributed by atoms with Gasteiger partial charge in [0.1, 0.15) is 17.0 Å². The zero-order valence-electron chi connectivity index (χ0n) is 13.6. The molecule has 1 saturated carbocycles. The molecule has 0 aliphatic heterocycles. The van der Waals surface area contributed by atoms with Gasteiger partial charge in [-0.25, -0.2) is 4.98 Å². The zero-order chi connectivity index (χ0) is 16.5. The Morgan fingerprint density at radius 1 is 1.29 bits per heavy atom. The van der Waals surface area contributed by atoms with Crippen LogP contribution in [0.5, 0.6) is 0 Å². The van der Waals surface area contributed by atoms with Crippen LogP contribution in [0.25, 0.3) is 11.0 Å². The average Bonchev–Trinajstić information content (AvgIpc) is 3.22. The fraction of sp³-hybridized carbons (Fsp3) is 0.389. The lowest BCUT2D eigenvalue weighted by atomic mass is 9.91. The van der Waals surface area contributed by atoms with Crippen LogP contribution in [-0.4, -0.2) is 26.7 Å². The van der Waals surface area contributed by atoms with Crippen molar-refractivity contribution in [3.8, 4) is 0 Å². The van der Waals surface area contributed by atoms with Gasteiger partial charge in [-0.1, -0.05) is 5.16 Å². The van der Waals surface area contributed by atoms with Crippen molar-refractivity contribution >= 4 is 16.9 Å². The van der Waals surface area contributed by atoms with Crippen LogP contribution in [0.2, 0.25) is 0 Å². The van der Waals surface area contributed by atoms with Gasteiger partial charge in [0.25, 0.3) is 5.91 Å². The van der Waals surface area contributed by atoms with Crippen LogP contribution >= 0.6 is 0 Å². The van der Waals surface area contributed by atoms with Gasteiger partial charge in [0.2, 0.25) is 0 Å². The van der Waals surface area contributed by atoms with Crippen molar-refractivity contribution in [1.82, 2.24) is 20.0 Å². The standard InChI is InChI=1S/C18H20N4O2/c1-12-16(11-20-24-12)18(23)21-14-4-6-15(7-5-14)22-10-8-13-3-2-9-19-17(13)22/h2-3,8-11,14-15H,4-7H2,1H3,(H,21,23). The van der Waals surface area contributed by atoms with Gasteiger partial charge in [0.15, 0.2) is 0 Å². The maximum Gasteiger partial charge on any atom is 0.256 e. The van der Waals surface area contributed by atoms with E-state index in [1.165, 1.54) is 11.6 Å². The van der Waals surface area contributed by atoms with Gasteiger partial charge in [-0.05, 0) is 50.8 Å². The molecule has 0 bridgehead atoms. The molecule has 0 saturated heterocycles. The Hall–Kier alpha value is -2.63. The first kappa shape index (κ1) is 14.9. The number of hydrogen-bond acceptors (Lipinski definition) is 4. The molecule has 1 amide bonds. The van der Waals surface area contributed by atoms with Gasteiger partial charge in [-0.2, -0.15) is 0 Å². The molecular weight excluding hydrogens is 304 g/mol. The van der Waals surface area contributed by atoms with Gasteiger partial charge in [-0.3, -0.25) is 4.79 Å². The Kier molecular flexibility index (Phi) is 3.80. The lowest BCUT2D eigenvalue weighted by molar-refractivity contribution is 0.0921. The van der Waals surface area contributed by atoms with Crippen LogP contribution < -0.4 is 5.32 Å². The van der Waals surface area contributed by atoms with Gasteiger partial charge in [0, 0.05) is 29.9 Å². The minimum atomic E-state index is -0.0923. The van der Waals surface area contributed by atoms with Crippen molar-refractivity contribution in [2.45, 2.75) is 44.7 Å². The predicted octanol–water partition coefficient (Wildman–Crippen LogP) is 3.25. The average molecular weight is 324 g/mol. The molecule has 0 spiro atoms. The third-order valence-corrected chi connectivity index (χ3v) is 4.90. The van der Waals surface area contributed by atoms with E-state index in [0.717, 1.165) is 31.3 Å². The molecule has 3 heterocycles. The number of carbonyl (C=O) groups is 1. The number of fused-ring (bicyclic) bond motifs is 1. The summed E-state index contributed by atoms with van der Waals surface area (Å²) in [7, 11) is 0. The van der Waals surface area contributed by atoms with E-state index < -0.39 is 0 Å². The van der Waals surface area contributed by atoms with Gasteiger partial charge in [-0.15, -0.1) is 0 Å². The molecule has 4 rings (SSSR count). The highest BCUT2D eigenvalue weighted by Crippen LogP contribution is 2.31. The molecule has 0 atom stereocenters. The first-order valence-electron chi connectivity index (χ1n) is 8.36. The number of pyridine rings is 1. The minimum absolute atomic E-state index is 0.0923. The van der Waals surface area contributed by atoms with Crippen LogP contribution in [0.1, 0.15) is 47.8 Å². The fourth-order valence-corrected chi connectivity index (χ4v) is 3.56. The molecule has 0 radical (unpaired) electrons. The Morgan fingerprint density at radius 3 is 2.88 bits per heavy atom. The summed E-state index contributed by atoms with van der Waals surface area (Å²) in [5.74, 6) is 0.469. The van der Waals surface area contributed by atoms with E-state index >= 15 is 0 Å². The van der Waals surface area contributed by atoms with Crippen molar-refractivity contribution in [3.05, 3.63) is 48.1 Å². The summed E-state index contributed by atoms with van der Waals surface area (Å²) in [6, 6.07) is 6.82. The smallest absolute Gasteiger partial charge is 0.256 e. The largest absolute Gasteiger partial charge is 0.361 e. The van der Waals surface area contributed by atoms with E-state index in [1.54, 1.807) is 6.92 Å². The molecule has 0 unspecified atom stereocenters. The van der Waals surface area contributed by atoms with E-state index in [0.29, 0.717) is 17.4 Å². The van der Waals surface area contributed by atoms with Crippen molar-refractivity contribution in [2.75, 3.05) is 0 Å². The Balaban J connectivity index is 1.40. The number of nitrogens with one attached hydrogen (secondary N) is 1.